The Morgan fingerprint density at radius 2 is 2.12 bits per heavy atom. The van der Waals surface area contributed by atoms with Crippen molar-refractivity contribution in [2.24, 2.45) is 0 Å². The quantitative estimate of drug-likeness (QED) is 0.779. The van der Waals surface area contributed by atoms with E-state index in [0.717, 1.165) is 40.7 Å². The van der Waals surface area contributed by atoms with Crippen molar-refractivity contribution in [3.8, 4) is 0 Å². The van der Waals surface area contributed by atoms with Gasteiger partial charge in [-0.15, -0.1) is 0 Å². The molecule has 3 heterocycles. The van der Waals surface area contributed by atoms with E-state index < -0.39 is 0 Å². The number of carbonyl (C=O) groups excluding carboxylic acids is 1. The number of aromatic amines is 1. The third kappa shape index (κ3) is 2.78. The molecule has 1 aliphatic rings. The Morgan fingerprint density at radius 3 is 2.92 bits per heavy atom. The molecule has 0 fully saturated rings. The lowest BCUT2D eigenvalue weighted by Crippen LogP contribution is -2.35. The highest BCUT2D eigenvalue weighted by Gasteiger charge is 2.22. The van der Waals surface area contributed by atoms with E-state index in [0.29, 0.717) is 18.9 Å². The number of para-hydroxylation sites is 1. The van der Waals surface area contributed by atoms with E-state index in [1.165, 1.54) is 0 Å². The fraction of sp³-hybridized carbons (Fsp3) is 0.316. The minimum absolute atomic E-state index is 0.00237. The van der Waals surface area contributed by atoms with Crippen LogP contribution >= 0.6 is 0 Å². The summed E-state index contributed by atoms with van der Waals surface area (Å²) in [6.45, 7) is 5.51. The van der Waals surface area contributed by atoms with Gasteiger partial charge in [0.2, 0.25) is 5.91 Å². The monoisotopic (exact) mass is 336 g/mol. The minimum Gasteiger partial charge on any atom is -0.310 e. The number of hydrogen-bond acceptors (Lipinski definition) is 4. The second-order valence-electron chi connectivity index (χ2n) is 6.60. The number of aryl methyl sites for hydroxylation is 1. The topological polar surface area (TPSA) is 71.0 Å². The molecular formula is C19H20N4O2. The summed E-state index contributed by atoms with van der Waals surface area (Å²) in [4.78, 5) is 33.6. The van der Waals surface area contributed by atoms with E-state index in [2.05, 4.69) is 14.9 Å². The Labute approximate surface area is 145 Å². The molecule has 3 aromatic rings. The molecule has 0 saturated carbocycles. The Hall–Kier alpha value is -2.73. The number of nitrogens with zero attached hydrogens (tertiary/aromatic N) is 3. The summed E-state index contributed by atoms with van der Waals surface area (Å²) in [5.41, 5.74) is 3.65. The Kier molecular flexibility index (Phi) is 3.77. The highest BCUT2D eigenvalue weighted by molar-refractivity contribution is 5.93. The zero-order valence-corrected chi connectivity index (χ0v) is 14.4. The molecule has 1 N–H and O–H groups in total. The fourth-order valence-corrected chi connectivity index (χ4v) is 3.62. The van der Waals surface area contributed by atoms with Crippen molar-refractivity contribution in [2.75, 3.05) is 6.54 Å². The molecule has 0 bridgehead atoms. The highest BCUT2D eigenvalue weighted by Crippen LogP contribution is 2.24. The molecule has 2 aromatic heterocycles. The van der Waals surface area contributed by atoms with Crippen LogP contribution in [0, 0.1) is 6.92 Å². The van der Waals surface area contributed by atoms with E-state index >= 15 is 0 Å². The maximum atomic E-state index is 12.2. The number of carbonyl (C=O) groups is 1. The van der Waals surface area contributed by atoms with Gasteiger partial charge in [0.25, 0.3) is 5.56 Å². The molecule has 6 nitrogen and oxygen atoms in total. The van der Waals surface area contributed by atoms with Crippen molar-refractivity contribution in [2.45, 2.75) is 33.4 Å². The standard InChI is InChI=1S/C19H20N4O2/c1-12-20-17-7-8-22(11-16(17)19(25)21-12)9-14-10-23(13(2)24)18-6-4-3-5-15(14)18/h3-6,10H,7-9,11H2,1-2H3,(H,20,21,25). The van der Waals surface area contributed by atoms with Gasteiger partial charge >= 0.3 is 0 Å². The molecule has 0 amide bonds. The first-order valence-electron chi connectivity index (χ1n) is 8.44. The van der Waals surface area contributed by atoms with Crippen molar-refractivity contribution in [1.82, 2.24) is 19.4 Å². The molecule has 1 aliphatic heterocycles. The number of H-pyrrole nitrogens is 1. The van der Waals surface area contributed by atoms with Gasteiger partial charge in [-0.2, -0.15) is 0 Å². The lowest BCUT2D eigenvalue weighted by atomic mass is 10.1. The van der Waals surface area contributed by atoms with Crippen molar-refractivity contribution >= 4 is 16.8 Å². The number of benzene rings is 1. The van der Waals surface area contributed by atoms with Crippen LogP contribution < -0.4 is 5.56 Å². The van der Waals surface area contributed by atoms with Crippen LogP contribution in [0.15, 0.2) is 35.3 Å². The predicted molar refractivity (Wildman–Crippen MR) is 95.7 cm³/mol. The van der Waals surface area contributed by atoms with Crippen LogP contribution in [0.5, 0.6) is 0 Å². The molecule has 0 spiro atoms. The van der Waals surface area contributed by atoms with Crippen molar-refractivity contribution in [3.63, 3.8) is 0 Å². The van der Waals surface area contributed by atoms with E-state index in [9.17, 15) is 9.59 Å². The summed E-state index contributed by atoms with van der Waals surface area (Å²) < 4.78 is 1.69. The lowest BCUT2D eigenvalue weighted by Gasteiger charge is -2.27. The summed E-state index contributed by atoms with van der Waals surface area (Å²) >= 11 is 0. The Bertz CT molecular complexity index is 1030. The summed E-state index contributed by atoms with van der Waals surface area (Å²) in [6.07, 6.45) is 2.69. The van der Waals surface area contributed by atoms with Gasteiger partial charge in [-0.05, 0) is 18.6 Å². The molecule has 25 heavy (non-hydrogen) atoms. The molecule has 0 saturated heterocycles. The van der Waals surface area contributed by atoms with Crippen LogP contribution in [-0.4, -0.2) is 31.9 Å². The maximum absolute atomic E-state index is 12.2. The molecule has 0 atom stereocenters. The first-order valence-corrected chi connectivity index (χ1v) is 8.44. The van der Waals surface area contributed by atoms with E-state index in [1.807, 2.05) is 37.4 Å². The number of rotatable bonds is 2. The minimum atomic E-state index is -0.0432. The molecule has 0 unspecified atom stereocenters. The number of hydrogen-bond donors (Lipinski definition) is 1. The zero-order valence-electron chi connectivity index (χ0n) is 14.4. The van der Waals surface area contributed by atoms with Crippen LogP contribution in [0.4, 0.5) is 0 Å². The molecule has 4 rings (SSSR count). The Morgan fingerprint density at radius 1 is 1.32 bits per heavy atom. The van der Waals surface area contributed by atoms with E-state index in [1.54, 1.807) is 11.5 Å². The number of aromatic nitrogens is 3. The predicted octanol–water partition coefficient (Wildman–Crippen LogP) is 2.25. The molecule has 6 heteroatoms. The van der Waals surface area contributed by atoms with Gasteiger partial charge in [0.15, 0.2) is 0 Å². The van der Waals surface area contributed by atoms with Crippen molar-refractivity contribution in [1.29, 1.82) is 0 Å². The van der Waals surface area contributed by atoms with Crippen LogP contribution in [0.2, 0.25) is 0 Å². The van der Waals surface area contributed by atoms with Gasteiger partial charge in [0.05, 0.1) is 16.8 Å². The lowest BCUT2D eigenvalue weighted by molar-refractivity contribution is 0.0941. The third-order valence-electron chi connectivity index (χ3n) is 4.79. The molecule has 0 aliphatic carbocycles. The first-order chi connectivity index (χ1) is 12.0. The number of fused-ring (bicyclic) bond motifs is 2. The average Bonchev–Trinajstić information content (AvgIpc) is 2.94. The second-order valence-corrected chi connectivity index (χ2v) is 6.60. The maximum Gasteiger partial charge on any atom is 0.255 e. The van der Waals surface area contributed by atoms with Crippen LogP contribution in [0.25, 0.3) is 10.9 Å². The smallest absolute Gasteiger partial charge is 0.255 e. The van der Waals surface area contributed by atoms with Gasteiger partial charge < -0.3 is 4.98 Å². The van der Waals surface area contributed by atoms with Crippen LogP contribution in [-0.2, 0) is 19.5 Å². The fourth-order valence-electron chi connectivity index (χ4n) is 3.62. The number of nitrogens with one attached hydrogen (secondary N) is 1. The van der Waals surface area contributed by atoms with Crippen molar-refractivity contribution < 1.29 is 4.79 Å². The zero-order chi connectivity index (χ0) is 17.6. The van der Waals surface area contributed by atoms with Gasteiger partial charge in [0, 0.05) is 44.6 Å². The van der Waals surface area contributed by atoms with E-state index in [-0.39, 0.29) is 11.5 Å². The normalized spacial score (nSPS) is 14.6. The van der Waals surface area contributed by atoms with Crippen LogP contribution in [0.1, 0.15) is 34.4 Å². The largest absolute Gasteiger partial charge is 0.310 e. The molecule has 128 valence electrons. The van der Waals surface area contributed by atoms with Crippen molar-refractivity contribution in [3.05, 3.63) is 63.5 Å². The van der Waals surface area contributed by atoms with Crippen LogP contribution in [0.3, 0.4) is 0 Å². The Balaban J connectivity index is 1.67. The van der Waals surface area contributed by atoms with Gasteiger partial charge in [-0.3, -0.25) is 19.1 Å². The van der Waals surface area contributed by atoms with Gasteiger partial charge in [-0.1, -0.05) is 18.2 Å². The second kappa shape index (κ2) is 5.97. The molecular weight excluding hydrogens is 316 g/mol. The van der Waals surface area contributed by atoms with E-state index in [4.69, 9.17) is 0 Å². The summed E-state index contributed by atoms with van der Waals surface area (Å²) in [5.74, 6) is 0.671. The SMILES string of the molecule is CC(=O)n1cc(CN2CCc3nc(C)[nH]c(=O)c3C2)c2ccccc21. The third-order valence-corrected chi connectivity index (χ3v) is 4.79. The summed E-state index contributed by atoms with van der Waals surface area (Å²) in [5, 5.41) is 1.08. The summed E-state index contributed by atoms with van der Waals surface area (Å²) in [7, 11) is 0. The average molecular weight is 336 g/mol. The van der Waals surface area contributed by atoms with Gasteiger partial charge in [-0.25, -0.2) is 4.98 Å². The first kappa shape index (κ1) is 15.8. The highest BCUT2D eigenvalue weighted by atomic mass is 16.1. The molecule has 1 aromatic carbocycles. The molecule has 0 radical (unpaired) electrons. The van der Waals surface area contributed by atoms with Gasteiger partial charge in [0.1, 0.15) is 5.82 Å². The summed E-state index contributed by atoms with van der Waals surface area (Å²) in [6, 6.07) is 7.93.